The number of pyridine rings is 1. The van der Waals surface area contributed by atoms with Gasteiger partial charge in [-0.1, -0.05) is 12.1 Å². The van der Waals surface area contributed by atoms with E-state index < -0.39 is 0 Å². The molecule has 1 N–H and O–H groups in total. The molecule has 26 heavy (non-hydrogen) atoms. The van der Waals surface area contributed by atoms with Gasteiger partial charge in [-0.25, -0.2) is 0 Å². The summed E-state index contributed by atoms with van der Waals surface area (Å²) in [7, 11) is 0. The minimum atomic E-state index is -0.218. The first-order valence-corrected chi connectivity index (χ1v) is 8.69. The predicted octanol–water partition coefficient (Wildman–Crippen LogP) is 0.961. The van der Waals surface area contributed by atoms with Crippen molar-refractivity contribution in [2.45, 2.75) is 6.54 Å². The highest BCUT2D eigenvalue weighted by molar-refractivity contribution is 5.93. The van der Waals surface area contributed by atoms with Gasteiger partial charge in [-0.3, -0.25) is 9.69 Å². The first kappa shape index (κ1) is 18.2. The van der Waals surface area contributed by atoms with Crippen LogP contribution in [0.15, 0.2) is 48.8 Å². The van der Waals surface area contributed by atoms with Crippen LogP contribution in [0.2, 0.25) is 0 Å². The zero-order valence-corrected chi connectivity index (χ0v) is 14.6. The number of aromatic nitrogens is 1. The maximum absolute atomic E-state index is 12.1. The highest BCUT2D eigenvalue weighted by atomic mass is 16.5. The molecule has 1 amide bonds. The molecule has 3 rings (SSSR count). The smallest absolute Gasteiger partial charge is 0.252 e. The van der Waals surface area contributed by atoms with Gasteiger partial charge in [0.05, 0.1) is 18.8 Å². The molecule has 0 spiro atoms. The van der Waals surface area contributed by atoms with Crippen LogP contribution in [0.4, 0.5) is 0 Å². The predicted molar refractivity (Wildman–Crippen MR) is 95.8 cm³/mol. The number of amides is 1. The van der Waals surface area contributed by atoms with Crippen molar-refractivity contribution in [3.05, 3.63) is 65.1 Å². The minimum Gasteiger partial charge on any atom is -0.619 e. The van der Waals surface area contributed by atoms with Gasteiger partial charge in [-0.15, -0.1) is 0 Å². The maximum atomic E-state index is 12.1. The summed E-state index contributed by atoms with van der Waals surface area (Å²) in [6.45, 7) is 5.35. The summed E-state index contributed by atoms with van der Waals surface area (Å²) in [5, 5.41) is 13.9. The Morgan fingerprint density at radius 3 is 2.77 bits per heavy atom. The molecule has 2 aromatic rings. The van der Waals surface area contributed by atoms with Crippen molar-refractivity contribution in [3.8, 4) is 5.75 Å². The van der Waals surface area contributed by atoms with Crippen LogP contribution in [0.1, 0.15) is 15.9 Å². The highest BCUT2D eigenvalue weighted by Crippen LogP contribution is 2.13. The molecule has 7 heteroatoms. The average Bonchev–Trinajstić information content (AvgIpc) is 2.68. The Balaban J connectivity index is 1.45. The lowest BCUT2D eigenvalue weighted by molar-refractivity contribution is -0.605. The van der Waals surface area contributed by atoms with Crippen LogP contribution >= 0.6 is 0 Å². The molecule has 0 atom stereocenters. The van der Waals surface area contributed by atoms with E-state index in [1.54, 1.807) is 0 Å². The largest absolute Gasteiger partial charge is 0.619 e. The van der Waals surface area contributed by atoms with E-state index in [1.165, 1.54) is 24.5 Å². The van der Waals surface area contributed by atoms with Crippen LogP contribution in [0.25, 0.3) is 0 Å². The Morgan fingerprint density at radius 1 is 1.23 bits per heavy atom. The number of hydrogen-bond donors (Lipinski definition) is 1. The van der Waals surface area contributed by atoms with Crippen molar-refractivity contribution in [1.82, 2.24) is 10.2 Å². The van der Waals surface area contributed by atoms with Gasteiger partial charge in [0.25, 0.3) is 5.91 Å². The molecule has 1 aliphatic rings. The quantitative estimate of drug-likeness (QED) is 0.590. The summed E-state index contributed by atoms with van der Waals surface area (Å²) in [6.07, 6.45) is 2.61. The Hall–Kier alpha value is -2.64. The number of carbonyl (C=O) groups is 1. The molecule has 0 aliphatic carbocycles. The third kappa shape index (κ3) is 5.44. The monoisotopic (exact) mass is 357 g/mol. The van der Waals surface area contributed by atoms with Crippen LogP contribution in [0, 0.1) is 5.21 Å². The van der Waals surface area contributed by atoms with Crippen LogP contribution in [-0.4, -0.2) is 50.3 Å². The van der Waals surface area contributed by atoms with Gasteiger partial charge in [-0.05, 0) is 17.7 Å². The molecule has 138 valence electrons. The van der Waals surface area contributed by atoms with Crippen molar-refractivity contribution in [2.24, 2.45) is 0 Å². The molecule has 1 aromatic heterocycles. The van der Waals surface area contributed by atoms with E-state index in [-0.39, 0.29) is 5.91 Å². The number of carbonyl (C=O) groups excluding carboxylic acids is 1. The summed E-state index contributed by atoms with van der Waals surface area (Å²) >= 11 is 0. The maximum Gasteiger partial charge on any atom is 0.252 e. The van der Waals surface area contributed by atoms with Gasteiger partial charge in [-0.2, -0.15) is 4.73 Å². The molecule has 1 aromatic carbocycles. The molecular formula is C19H23N3O4. The molecular weight excluding hydrogens is 334 g/mol. The standard InChI is InChI=1S/C19H23N3O4/c23-19(17-4-6-22(24)7-5-17)20-15-16-2-1-3-18(14-16)26-13-10-21-8-11-25-12-9-21/h1-7,14H,8-13,15H2,(H,20,23). The van der Waals surface area contributed by atoms with Crippen molar-refractivity contribution < 1.29 is 19.0 Å². The Bertz CT molecular complexity index is 715. The van der Waals surface area contributed by atoms with Gasteiger partial charge in [0.15, 0.2) is 12.4 Å². The lowest BCUT2D eigenvalue weighted by Gasteiger charge is -2.26. The first-order chi connectivity index (χ1) is 12.7. The van der Waals surface area contributed by atoms with Crippen molar-refractivity contribution in [2.75, 3.05) is 39.5 Å². The lowest BCUT2D eigenvalue weighted by Crippen LogP contribution is -2.38. The third-order valence-electron chi connectivity index (χ3n) is 4.20. The Morgan fingerprint density at radius 2 is 2.00 bits per heavy atom. The third-order valence-corrected chi connectivity index (χ3v) is 4.20. The van der Waals surface area contributed by atoms with E-state index in [0.29, 0.717) is 23.4 Å². The fourth-order valence-electron chi connectivity index (χ4n) is 2.71. The molecule has 7 nitrogen and oxygen atoms in total. The fraction of sp³-hybridized carbons (Fsp3) is 0.368. The number of hydrogen-bond acceptors (Lipinski definition) is 5. The average molecular weight is 357 g/mol. The highest BCUT2D eigenvalue weighted by Gasteiger charge is 2.10. The summed E-state index contributed by atoms with van der Waals surface area (Å²) < 4.78 is 11.8. The second-order valence-electron chi connectivity index (χ2n) is 6.08. The number of ether oxygens (including phenoxy) is 2. The van der Waals surface area contributed by atoms with Crippen molar-refractivity contribution >= 4 is 5.91 Å². The summed E-state index contributed by atoms with van der Waals surface area (Å²) in [5.41, 5.74) is 1.41. The van der Waals surface area contributed by atoms with E-state index in [4.69, 9.17) is 9.47 Å². The summed E-state index contributed by atoms with van der Waals surface area (Å²) in [4.78, 5) is 14.4. The minimum absolute atomic E-state index is 0.218. The van der Waals surface area contributed by atoms with Crippen LogP contribution in [-0.2, 0) is 11.3 Å². The first-order valence-electron chi connectivity index (χ1n) is 8.69. The molecule has 2 heterocycles. The van der Waals surface area contributed by atoms with Crippen molar-refractivity contribution in [1.29, 1.82) is 0 Å². The second kappa shape index (κ2) is 9.17. The zero-order valence-electron chi connectivity index (χ0n) is 14.6. The number of nitrogens with zero attached hydrogens (tertiary/aromatic N) is 2. The normalized spacial score (nSPS) is 14.8. The molecule has 0 saturated carbocycles. The van der Waals surface area contributed by atoms with Gasteiger partial charge in [0.1, 0.15) is 12.4 Å². The topological polar surface area (TPSA) is 77.7 Å². The van der Waals surface area contributed by atoms with E-state index >= 15 is 0 Å². The van der Waals surface area contributed by atoms with E-state index in [2.05, 4.69) is 10.2 Å². The van der Waals surface area contributed by atoms with Gasteiger partial charge in [0.2, 0.25) is 0 Å². The number of benzene rings is 1. The Kier molecular flexibility index (Phi) is 6.40. The zero-order chi connectivity index (χ0) is 18.2. The SMILES string of the molecule is O=C(NCc1cccc(OCCN2CCOCC2)c1)c1cc[n+]([O-])cc1. The summed E-state index contributed by atoms with van der Waals surface area (Å²) in [6, 6.07) is 10.7. The lowest BCUT2D eigenvalue weighted by atomic mass is 10.2. The van der Waals surface area contributed by atoms with Crippen LogP contribution < -0.4 is 14.8 Å². The van der Waals surface area contributed by atoms with E-state index in [9.17, 15) is 10.0 Å². The van der Waals surface area contributed by atoms with Gasteiger partial charge in [0, 0.05) is 38.3 Å². The Labute approximate surface area is 152 Å². The number of rotatable bonds is 7. The van der Waals surface area contributed by atoms with Crippen LogP contribution in [0.5, 0.6) is 5.75 Å². The molecule has 0 unspecified atom stereocenters. The van der Waals surface area contributed by atoms with Crippen molar-refractivity contribution in [3.63, 3.8) is 0 Å². The molecule has 0 bridgehead atoms. The molecule has 0 radical (unpaired) electrons. The number of nitrogens with one attached hydrogen (secondary N) is 1. The second-order valence-corrected chi connectivity index (χ2v) is 6.08. The van der Waals surface area contributed by atoms with Gasteiger partial charge < -0.3 is 20.0 Å². The van der Waals surface area contributed by atoms with E-state index in [1.807, 2.05) is 24.3 Å². The summed E-state index contributed by atoms with van der Waals surface area (Å²) in [5.74, 6) is 0.571. The fourth-order valence-corrected chi connectivity index (χ4v) is 2.71. The van der Waals surface area contributed by atoms with Crippen LogP contribution in [0.3, 0.4) is 0 Å². The van der Waals surface area contributed by atoms with Gasteiger partial charge >= 0.3 is 0 Å². The van der Waals surface area contributed by atoms with E-state index in [0.717, 1.165) is 44.2 Å². The molecule has 1 fully saturated rings. The number of morpholine rings is 1. The molecule has 1 saturated heterocycles. The molecule has 1 aliphatic heterocycles.